The second kappa shape index (κ2) is 7.03. The van der Waals surface area contributed by atoms with E-state index in [-0.39, 0.29) is 11.9 Å². The second-order valence-corrected chi connectivity index (χ2v) is 7.09. The van der Waals surface area contributed by atoms with Gasteiger partial charge in [-0.05, 0) is 36.6 Å². The van der Waals surface area contributed by atoms with Gasteiger partial charge in [0.15, 0.2) is 11.5 Å². The predicted octanol–water partition coefficient (Wildman–Crippen LogP) is 3.83. The van der Waals surface area contributed by atoms with Crippen LogP contribution >= 0.6 is 0 Å². The fourth-order valence-electron chi connectivity index (χ4n) is 3.97. The summed E-state index contributed by atoms with van der Waals surface area (Å²) in [6.45, 7) is 1.86. The molecule has 0 spiro atoms. The molecule has 0 radical (unpaired) electrons. The summed E-state index contributed by atoms with van der Waals surface area (Å²) in [5.41, 5.74) is 3.36. The Hall–Kier alpha value is -3.28. The first kappa shape index (κ1) is 16.9. The Morgan fingerprint density at radius 3 is 2.71 bits per heavy atom. The summed E-state index contributed by atoms with van der Waals surface area (Å²) < 4.78 is 11.3. The number of nitrogens with one attached hydrogen (secondary N) is 1. The number of carbonyl (C=O) groups excluding carboxylic acids is 1. The van der Waals surface area contributed by atoms with E-state index < -0.39 is 0 Å². The number of fused-ring (bicyclic) bond motifs is 1. The van der Waals surface area contributed by atoms with Crippen molar-refractivity contribution in [3.63, 3.8) is 0 Å². The first-order valence-electron chi connectivity index (χ1n) is 9.61. The van der Waals surface area contributed by atoms with Crippen LogP contribution in [0, 0.1) is 0 Å². The first-order valence-corrected chi connectivity index (χ1v) is 9.61. The number of hydrogen-bond donors (Lipinski definition) is 1. The summed E-state index contributed by atoms with van der Waals surface area (Å²) in [4.78, 5) is 15.1. The molecule has 6 heteroatoms. The molecule has 0 unspecified atom stereocenters. The molecule has 5 rings (SSSR count). The molecule has 1 fully saturated rings. The molecule has 142 valence electrons. The van der Waals surface area contributed by atoms with Gasteiger partial charge >= 0.3 is 0 Å². The molecule has 1 aromatic heterocycles. The monoisotopic (exact) mass is 375 g/mol. The number of likely N-dealkylation sites (tertiary alicyclic amines) is 1. The number of aromatic nitrogens is 2. The highest BCUT2D eigenvalue weighted by Crippen LogP contribution is 2.38. The van der Waals surface area contributed by atoms with Crippen LogP contribution in [0.2, 0.25) is 0 Å². The maximum atomic E-state index is 13.2. The number of aromatic amines is 1. The summed E-state index contributed by atoms with van der Waals surface area (Å²) in [6, 6.07) is 17.7. The Labute approximate surface area is 163 Å². The maximum absolute atomic E-state index is 13.2. The van der Waals surface area contributed by atoms with Gasteiger partial charge in [0.25, 0.3) is 5.91 Å². The Balaban J connectivity index is 1.40. The third-order valence-electron chi connectivity index (χ3n) is 5.34. The molecule has 28 heavy (non-hydrogen) atoms. The normalized spacial score (nSPS) is 18.3. The molecule has 2 aliphatic heterocycles. The van der Waals surface area contributed by atoms with Crippen LogP contribution in [-0.2, 0) is 0 Å². The molecular weight excluding hydrogens is 354 g/mol. The van der Waals surface area contributed by atoms with Gasteiger partial charge in [-0.1, -0.05) is 36.4 Å². The lowest BCUT2D eigenvalue weighted by atomic mass is 10.0. The number of ether oxygens (including phenoxy) is 2. The zero-order valence-electron chi connectivity index (χ0n) is 15.4. The largest absolute Gasteiger partial charge is 0.486 e. The van der Waals surface area contributed by atoms with Gasteiger partial charge in [-0.3, -0.25) is 9.89 Å². The van der Waals surface area contributed by atoms with E-state index in [1.807, 2.05) is 59.5 Å². The van der Waals surface area contributed by atoms with E-state index in [1.165, 1.54) is 0 Å². The predicted molar refractivity (Wildman–Crippen MR) is 104 cm³/mol. The third kappa shape index (κ3) is 3.01. The summed E-state index contributed by atoms with van der Waals surface area (Å²) in [5, 5.41) is 7.24. The van der Waals surface area contributed by atoms with E-state index in [2.05, 4.69) is 10.2 Å². The molecule has 0 bridgehead atoms. The average molecular weight is 375 g/mol. The molecule has 1 atom stereocenters. The summed E-state index contributed by atoms with van der Waals surface area (Å²) in [7, 11) is 0. The van der Waals surface area contributed by atoms with Crippen LogP contribution < -0.4 is 9.47 Å². The van der Waals surface area contributed by atoms with Crippen LogP contribution in [0.5, 0.6) is 11.5 Å². The number of carbonyl (C=O) groups is 1. The quantitative estimate of drug-likeness (QED) is 0.756. The van der Waals surface area contributed by atoms with Gasteiger partial charge in [0.05, 0.1) is 11.7 Å². The number of benzene rings is 2. The highest BCUT2D eigenvalue weighted by Gasteiger charge is 2.32. The number of rotatable bonds is 3. The van der Waals surface area contributed by atoms with E-state index in [0.29, 0.717) is 18.9 Å². The van der Waals surface area contributed by atoms with Gasteiger partial charge in [0, 0.05) is 12.1 Å². The van der Waals surface area contributed by atoms with Crippen LogP contribution in [0.1, 0.15) is 34.9 Å². The fourth-order valence-corrected chi connectivity index (χ4v) is 3.97. The minimum absolute atomic E-state index is 0.0212. The fraction of sp³-hybridized carbons (Fsp3) is 0.273. The smallest absolute Gasteiger partial charge is 0.272 e. The lowest BCUT2D eigenvalue weighted by Crippen LogP contribution is -2.31. The standard InChI is InChI=1S/C22H21N3O3/c26-22(18-14-17(23-24-18)15-5-2-1-3-6-15)25-10-4-7-19(25)16-8-9-20-21(13-16)28-12-11-27-20/h1-3,5-6,8-9,13-14,19H,4,7,10-12H2,(H,23,24)/t19-/m1/s1. The van der Waals surface area contributed by atoms with Gasteiger partial charge in [-0.15, -0.1) is 0 Å². The van der Waals surface area contributed by atoms with Crippen molar-refractivity contribution < 1.29 is 14.3 Å². The number of hydrogen-bond acceptors (Lipinski definition) is 4. The van der Waals surface area contributed by atoms with E-state index in [4.69, 9.17) is 9.47 Å². The highest BCUT2D eigenvalue weighted by atomic mass is 16.6. The Morgan fingerprint density at radius 2 is 1.86 bits per heavy atom. The molecule has 0 saturated carbocycles. The Kier molecular flexibility index (Phi) is 4.24. The number of amides is 1. The lowest BCUT2D eigenvalue weighted by molar-refractivity contribution is 0.0729. The Morgan fingerprint density at radius 1 is 1.04 bits per heavy atom. The topological polar surface area (TPSA) is 67.5 Å². The summed E-state index contributed by atoms with van der Waals surface area (Å²) in [6.07, 6.45) is 1.91. The zero-order valence-corrected chi connectivity index (χ0v) is 15.4. The van der Waals surface area contributed by atoms with Gasteiger partial charge < -0.3 is 14.4 Å². The molecule has 2 aromatic carbocycles. The average Bonchev–Trinajstić information content (AvgIpc) is 3.44. The van der Waals surface area contributed by atoms with Crippen molar-refractivity contribution in [2.75, 3.05) is 19.8 Å². The minimum atomic E-state index is -0.0212. The maximum Gasteiger partial charge on any atom is 0.272 e. The van der Waals surface area contributed by atoms with Crippen LogP contribution in [0.25, 0.3) is 11.3 Å². The zero-order chi connectivity index (χ0) is 18.9. The first-order chi connectivity index (χ1) is 13.8. The van der Waals surface area contributed by atoms with E-state index in [9.17, 15) is 4.79 Å². The molecular formula is C22H21N3O3. The molecule has 1 saturated heterocycles. The minimum Gasteiger partial charge on any atom is -0.486 e. The molecule has 1 N–H and O–H groups in total. The third-order valence-corrected chi connectivity index (χ3v) is 5.34. The van der Waals surface area contributed by atoms with Gasteiger partial charge in [-0.2, -0.15) is 5.10 Å². The van der Waals surface area contributed by atoms with Gasteiger partial charge in [0.2, 0.25) is 0 Å². The van der Waals surface area contributed by atoms with Crippen molar-refractivity contribution in [2.24, 2.45) is 0 Å². The van der Waals surface area contributed by atoms with Crippen molar-refractivity contribution in [3.8, 4) is 22.8 Å². The van der Waals surface area contributed by atoms with Crippen LogP contribution in [0.3, 0.4) is 0 Å². The Bertz CT molecular complexity index is 999. The van der Waals surface area contributed by atoms with E-state index in [1.54, 1.807) is 0 Å². The molecule has 1 amide bonds. The molecule has 3 heterocycles. The van der Waals surface area contributed by atoms with E-state index >= 15 is 0 Å². The summed E-state index contributed by atoms with van der Waals surface area (Å²) >= 11 is 0. The number of H-pyrrole nitrogens is 1. The van der Waals surface area contributed by atoms with E-state index in [0.717, 1.165) is 47.7 Å². The van der Waals surface area contributed by atoms with Crippen LogP contribution in [0.15, 0.2) is 54.6 Å². The molecule has 3 aromatic rings. The SMILES string of the molecule is O=C(c1cc(-c2ccccc2)n[nH]1)N1CCC[C@@H]1c1ccc2c(c1)OCCO2. The second-order valence-electron chi connectivity index (χ2n) is 7.09. The van der Waals surface area contributed by atoms with Crippen molar-refractivity contribution in [2.45, 2.75) is 18.9 Å². The molecule has 2 aliphatic rings. The molecule has 6 nitrogen and oxygen atoms in total. The van der Waals surface area contributed by atoms with Crippen molar-refractivity contribution in [1.82, 2.24) is 15.1 Å². The van der Waals surface area contributed by atoms with Crippen LogP contribution in [0.4, 0.5) is 0 Å². The molecule has 0 aliphatic carbocycles. The number of nitrogens with zero attached hydrogens (tertiary/aromatic N) is 2. The van der Waals surface area contributed by atoms with Crippen molar-refractivity contribution >= 4 is 5.91 Å². The van der Waals surface area contributed by atoms with Gasteiger partial charge in [0.1, 0.15) is 18.9 Å². The van der Waals surface area contributed by atoms with Crippen LogP contribution in [-0.4, -0.2) is 40.8 Å². The lowest BCUT2D eigenvalue weighted by Gasteiger charge is -2.26. The highest BCUT2D eigenvalue weighted by molar-refractivity contribution is 5.94. The van der Waals surface area contributed by atoms with Crippen molar-refractivity contribution in [3.05, 3.63) is 65.9 Å². The van der Waals surface area contributed by atoms with Gasteiger partial charge in [-0.25, -0.2) is 0 Å². The summed E-state index contributed by atoms with van der Waals surface area (Å²) in [5.74, 6) is 1.51. The van der Waals surface area contributed by atoms with Crippen molar-refractivity contribution in [1.29, 1.82) is 0 Å².